The molecule has 1 aliphatic heterocycles. The Morgan fingerprint density at radius 1 is 1.16 bits per heavy atom. The van der Waals surface area contributed by atoms with E-state index in [2.05, 4.69) is 57.0 Å². The molecule has 0 radical (unpaired) electrons. The van der Waals surface area contributed by atoms with Crippen LogP contribution in [0, 0.1) is 6.92 Å². The summed E-state index contributed by atoms with van der Waals surface area (Å²) in [7, 11) is 0. The summed E-state index contributed by atoms with van der Waals surface area (Å²) in [6.45, 7) is 3.38. The van der Waals surface area contributed by atoms with E-state index in [4.69, 9.17) is 9.47 Å². The van der Waals surface area contributed by atoms with E-state index in [9.17, 15) is 0 Å². The van der Waals surface area contributed by atoms with Gasteiger partial charge in [-0.25, -0.2) is 0 Å². The molecule has 0 spiro atoms. The second-order valence-electron chi connectivity index (χ2n) is 4.33. The van der Waals surface area contributed by atoms with Crippen molar-refractivity contribution in [3.63, 3.8) is 0 Å². The van der Waals surface area contributed by atoms with Crippen molar-refractivity contribution >= 4 is 43.2 Å². The van der Waals surface area contributed by atoms with Crippen molar-refractivity contribution in [1.82, 2.24) is 0 Å². The fraction of sp³-hybridized carbons (Fsp3) is 0.286. The van der Waals surface area contributed by atoms with Crippen LogP contribution in [0.1, 0.15) is 20.8 Å². The predicted molar refractivity (Wildman–Crippen MR) is 85.0 cm³/mol. The summed E-state index contributed by atoms with van der Waals surface area (Å²) in [5.74, 6) is 1.66. The van der Waals surface area contributed by atoms with Crippen molar-refractivity contribution in [2.45, 2.75) is 11.8 Å². The molecule has 5 heteroatoms. The van der Waals surface area contributed by atoms with E-state index in [1.54, 1.807) is 11.3 Å². The molecule has 1 aliphatic rings. The Morgan fingerprint density at radius 3 is 2.58 bits per heavy atom. The van der Waals surface area contributed by atoms with Gasteiger partial charge in [-0.1, -0.05) is 22.0 Å². The van der Waals surface area contributed by atoms with Gasteiger partial charge in [-0.2, -0.15) is 0 Å². The maximum absolute atomic E-state index is 5.63. The molecule has 0 aliphatic carbocycles. The first-order chi connectivity index (χ1) is 9.15. The predicted octanol–water partition coefficient (Wildman–Crippen LogP) is 5.07. The Morgan fingerprint density at radius 2 is 1.89 bits per heavy atom. The maximum Gasteiger partial charge on any atom is 0.161 e. The Bertz CT molecular complexity index is 609. The van der Waals surface area contributed by atoms with Crippen LogP contribution in [-0.4, -0.2) is 13.2 Å². The van der Waals surface area contributed by atoms with Crippen LogP contribution in [-0.2, 0) is 0 Å². The number of hydrogen-bond donors (Lipinski definition) is 0. The summed E-state index contributed by atoms with van der Waals surface area (Å²) in [5, 5.41) is 0. The second-order valence-corrected chi connectivity index (χ2v) is 7.88. The lowest BCUT2D eigenvalue weighted by Crippen LogP contribution is -2.15. The number of aryl methyl sites for hydroxylation is 1. The quantitative estimate of drug-likeness (QED) is 0.651. The zero-order chi connectivity index (χ0) is 13.4. The van der Waals surface area contributed by atoms with Gasteiger partial charge in [0, 0.05) is 4.88 Å². The van der Waals surface area contributed by atoms with Crippen LogP contribution in [0.2, 0.25) is 0 Å². The number of alkyl halides is 1. The van der Waals surface area contributed by atoms with Crippen molar-refractivity contribution < 1.29 is 9.47 Å². The number of hydrogen-bond acceptors (Lipinski definition) is 3. The Hall–Kier alpha value is -0.520. The zero-order valence-corrected chi connectivity index (χ0v) is 14.3. The van der Waals surface area contributed by atoms with Gasteiger partial charge in [-0.05, 0) is 52.2 Å². The molecule has 0 bridgehead atoms. The van der Waals surface area contributed by atoms with E-state index in [-0.39, 0.29) is 4.83 Å². The van der Waals surface area contributed by atoms with Crippen molar-refractivity contribution in [2.24, 2.45) is 0 Å². The second kappa shape index (κ2) is 5.46. The lowest BCUT2D eigenvalue weighted by molar-refractivity contribution is 0.171. The number of halogens is 2. The van der Waals surface area contributed by atoms with Gasteiger partial charge >= 0.3 is 0 Å². The largest absolute Gasteiger partial charge is 0.486 e. The summed E-state index contributed by atoms with van der Waals surface area (Å²) in [4.78, 5) is 1.48. The highest BCUT2D eigenvalue weighted by Gasteiger charge is 2.19. The van der Waals surface area contributed by atoms with Crippen LogP contribution in [0.4, 0.5) is 0 Å². The van der Waals surface area contributed by atoms with Gasteiger partial charge in [0.15, 0.2) is 11.5 Å². The van der Waals surface area contributed by atoms with Gasteiger partial charge in [-0.15, -0.1) is 11.3 Å². The van der Waals surface area contributed by atoms with Gasteiger partial charge < -0.3 is 9.47 Å². The van der Waals surface area contributed by atoms with Crippen LogP contribution in [0.3, 0.4) is 0 Å². The average molecular weight is 404 g/mol. The number of fused-ring (bicyclic) bond motifs is 1. The monoisotopic (exact) mass is 402 g/mol. The highest BCUT2D eigenvalue weighted by atomic mass is 79.9. The molecule has 19 heavy (non-hydrogen) atoms. The number of rotatable bonds is 2. The molecular weight excluding hydrogens is 392 g/mol. The molecule has 0 N–H and O–H groups in total. The molecule has 1 unspecified atom stereocenters. The third-order valence-electron chi connectivity index (χ3n) is 3.06. The summed E-state index contributed by atoms with van der Waals surface area (Å²) in [5.41, 5.74) is 2.46. The van der Waals surface area contributed by atoms with Crippen molar-refractivity contribution in [3.05, 3.63) is 44.1 Å². The molecule has 100 valence electrons. The summed E-state index contributed by atoms with van der Waals surface area (Å²) in [6, 6.07) is 8.28. The fourth-order valence-electron chi connectivity index (χ4n) is 2.11. The minimum atomic E-state index is 0.172. The van der Waals surface area contributed by atoms with E-state index in [1.807, 2.05) is 6.07 Å². The SMILES string of the molecule is Cc1sc(Br)cc1C(Br)c1ccc2c(c1)OCCO2. The molecule has 1 atom stereocenters. The summed E-state index contributed by atoms with van der Waals surface area (Å²) in [6.07, 6.45) is 0. The van der Waals surface area contributed by atoms with E-state index < -0.39 is 0 Å². The van der Waals surface area contributed by atoms with Crippen LogP contribution in [0.5, 0.6) is 11.5 Å². The van der Waals surface area contributed by atoms with Gasteiger partial charge in [0.25, 0.3) is 0 Å². The topological polar surface area (TPSA) is 18.5 Å². The smallest absolute Gasteiger partial charge is 0.161 e. The summed E-state index contributed by atoms with van der Waals surface area (Å²) >= 11 is 9.06. The van der Waals surface area contributed by atoms with Crippen molar-refractivity contribution in [3.8, 4) is 11.5 Å². The maximum atomic E-state index is 5.63. The minimum absolute atomic E-state index is 0.172. The normalized spacial score (nSPS) is 15.3. The van der Waals surface area contributed by atoms with Crippen molar-refractivity contribution in [1.29, 1.82) is 0 Å². The molecule has 2 heterocycles. The van der Waals surface area contributed by atoms with E-state index in [0.717, 1.165) is 15.3 Å². The molecule has 0 saturated carbocycles. The Kier molecular flexibility index (Phi) is 3.87. The number of ether oxygens (including phenoxy) is 2. The van der Waals surface area contributed by atoms with Crippen molar-refractivity contribution in [2.75, 3.05) is 13.2 Å². The first kappa shape index (κ1) is 13.5. The fourth-order valence-corrected chi connectivity index (χ4v) is 4.77. The third kappa shape index (κ3) is 2.69. The first-order valence-electron chi connectivity index (χ1n) is 5.94. The molecule has 1 aromatic heterocycles. The van der Waals surface area contributed by atoms with Crippen LogP contribution in [0.25, 0.3) is 0 Å². The molecule has 2 nitrogen and oxygen atoms in total. The van der Waals surface area contributed by atoms with Crippen LogP contribution < -0.4 is 9.47 Å². The number of thiophene rings is 1. The average Bonchev–Trinajstić information content (AvgIpc) is 2.76. The highest BCUT2D eigenvalue weighted by molar-refractivity contribution is 9.11. The van der Waals surface area contributed by atoms with Gasteiger partial charge in [0.05, 0.1) is 8.61 Å². The molecular formula is C14H12Br2O2S. The summed E-state index contributed by atoms with van der Waals surface area (Å²) < 4.78 is 12.3. The molecule has 2 aromatic rings. The van der Waals surface area contributed by atoms with E-state index in [1.165, 1.54) is 16.0 Å². The standard InChI is InChI=1S/C14H12Br2O2S/c1-8-10(7-13(15)19-8)14(16)9-2-3-11-12(6-9)18-5-4-17-11/h2-3,6-7,14H,4-5H2,1H3. The Balaban J connectivity index is 1.95. The van der Waals surface area contributed by atoms with Crippen LogP contribution in [0.15, 0.2) is 28.1 Å². The lowest BCUT2D eigenvalue weighted by atomic mass is 10.1. The molecule has 0 amide bonds. The highest BCUT2D eigenvalue weighted by Crippen LogP contribution is 2.41. The van der Waals surface area contributed by atoms with E-state index >= 15 is 0 Å². The van der Waals surface area contributed by atoms with Crippen LogP contribution >= 0.6 is 43.2 Å². The Labute approximate surface area is 133 Å². The van der Waals surface area contributed by atoms with Gasteiger partial charge in [-0.3, -0.25) is 0 Å². The first-order valence-corrected chi connectivity index (χ1v) is 8.47. The molecule has 1 aromatic carbocycles. The lowest BCUT2D eigenvalue weighted by Gasteiger charge is -2.20. The van der Waals surface area contributed by atoms with Gasteiger partial charge in [0.1, 0.15) is 13.2 Å². The minimum Gasteiger partial charge on any atom is -0.486 e. The molecule has 3 rings (SSSR count). The van der Waals surface area contributed by atoms with E-state index in [0.29, 0.717) is 13.2 Å². The molecule has 0 saturated heterocycles. The zero-order valence-electron chi connectivity index (χ0n) is 10.3. The molecule has 0 fully saturated rings. The third-order valence-corrected chi connectivity index (χ3v) is 5.65. The van der Waals surface area contributed by atoms with Gasteiger partial charge in [0.2, 0.25) is 0 Å². The number of benzene rings is 1.